The minimum absolute atomic E-state index is 0.0794. The first-order chi connectivity index (χ1) is 29.9. The second-order valence-electron chi connectivity index (χ2n) is 15.0. The summed E-state index contributed by atoms with van der Waals surface area (Å²) in [5.74, 6) is -0.289. The van der Waals surface area contributed by atoms with E-state index in [4.69, 9.17) is 9.47 Å². The molecule has 342 valence electrons. The Morgan fingerprint density at radius 2 is 0.921 bits per heavy atom. The van der Waals surface area contributed by atoms with E-state index in [1.165, 1.54) is 30.5 Å². The molecule has 0 radical (unpaired) electrons. The number of halogens is 5. The first-order valence-electron chi connectivity index (χ1n) is 20.3. The molecule has 4 aromatic carbocycles. The lowest BCUT2D eigenvalue weighted by atomic mass is 10.1. The number of piperazine rings is 2. The van der Waals surface area contributed by atoms with Crippen molar-refractivity contribution in [3.63, 3.8) is 0 Å². The average Bonchev–Trinajstić information content (AvgIpc) is 3.26. The van der Waals surface area contributed by atoms with E-state index >= 15 is 0 Å². The third kappa shape index (κ3) is 14.7. The smallest absolute Gasteiger partial charge is 0.489 e. The second kappa shape index (κ2) is 22.5. The van der Waals surface area contributed by atoms with E-state index in [0.717, 1.165) is 30.8 Å². The molecule has 0 saturated carbocycles. The number of benzene rings is 4. The van der Waals surface area contributed by atoms with Crippen molar-refractivity contribution in [2.24, 2.45) is 0 Å². The van der Waals surface area contributed by atoms with Gasteiger partial charge in [0.05, 0.1) is 9.79 Å². The molecule has 2 aliphatic rings. The van der Waals surface area contributed by atoms with E-state index in [2.05, 4.69) is 9.80 Å². The molecule has 0 N–H and O–H groups in total. The van der Waals surface area contributed by atoms with Gasteiger partial charge in [0.25, 0.3) is 9.84 Å². The maximum atomic E-state index is 13.6. The molecule has 0 atom stereocenters. The van der Waals surface area contributed by atoms with Gasteiger partial charge in [-0.3, -0.25) is 19.4 Å². The number of sulfone groups is 2. The number of carbonyl (C=O) groups excluding carboxylic acids is 2. The molecule has 2 amide bonds. The van der Waals surface area contributed by atoms with Crippen LogP contribution < -0.4 is 9.47 Å². The van der Waals surface area contributed by atoms with Crippen LogP contribution in [-0.2, 0) is 42.1 Å². The number of para-hydroxylation sites is 2. The third-order valence-corrected chi connectivity index (χ3v) is 13.2. The lowest BCUT2D eigenvalue weighted by Gasteiger charge is -2.34. The number of aryl methyl sites for hydroxylation is 2. The molecule has 2 fully saturated rings. The summed E-state index contributed by atoms with van der Waals surface area (Å²) >= 11 is 0. The molecule has 63 heavy (non-hydrogen) atoms. The van der Waals surface area contributed by atoms with Gasteiger partial charge in [-0.2, -0.15) is 13.2 Å². The fourth-order valence-electron chi connectivity index (χ4n) is 6.83. The lowest BCUT2D eigenvalue weighted by Crippen LogP contribution is -2.49. The van der Waals surface area contributed by atoms with Crippen molar-refractivity contribution in [2.75, 3.05) is 84.9 Å². The van der Waals surface area contributed by atoms with Crippen molar-refractivity contribution in [1.29, 1.82) is 0 Å². The fraction of sp³-hybridized carbons (Fsp3) is 0.409. The number of nitrogens with zero attached hydrogens (tertiary/aromatic N) is 4. The van der Waals surface area contributed by atoms with Crippen LogP contribution in [0.5, 0.6) is 11.5 Å². The Morgan fingerprint density at radius 3 is 1.27 bits per heavy atom. The summed E-state index contributed by atoms with van der Waals surface area (Å²) in [6.07, 6.45) is 2.62. The van der Waals surface area contributed by atoms with Gasteiger partial charge in [0.1, 0.15) is 13.2 Å². The summed E-state index contributed by atoms with van der Waals surface area (Å²) in [6, 6.07) is 23.6. The highest BCUT2D eigenvalue weighted by atomic mass is 32.2. The number of rotatable bonds is 16. The summed E-state index contributed by atoms with van der Waals surface area (Å²) < 4.78 is 122. The van der Waals surface area contributed by atoms with Crippen LogP contribution in [0.15, 0.2) is 107 Å². The van der Waals surface area contributed by atoms with Gasteiger partial charge in [-0.25, -0.2) is 25.6 Å². The van der Waals surface area contributed by atoms with Crippen LogP contribution in [0.4, 0.5) is 22.0 Å². The van der Waals surface area contributed by atoms with E-state index in [1.807, 2.05) is 4.90 Å². The highest BCUT2D eigenvalue weighted by Gasteiger charge is 2.46. The van der Waals surface area contributed by atoms with Gasteiger partial charge in [-0.1, -0.05) is 48.5 Å². The molecule has 0 aliphatic carbocycles. The summed E-state index contributed by atoms with van der Waals surface area (Å²) in [7, 11) is -8.58. The molecular formula is C44H51F5N4O8S2. The molecule has 0 aromatic heterocycles. The zero-order chi connectivity index (χ0) is 45.6. The Kier molecular flexibility index (Phi) is 17.5. The first kappa shape index (κ1) is 48.9. The molecule has 2 heterocycles. The number of amides is 2. The molecule has 0 spiro atoms. The Bertz CT molecular complexity index is 2340. The summed E-state index contributed by atoms with van der Waals surface area (Å²) in [4.78, 5) is 32.3. The minimum atomic E-state index is -5.38. The zero-order valence-electron chi connectivity index (χ0n) is 34.8. The zero-order valence-corrected chi connectivity index (χ0v) is 36.4. The Balaban J connectivity index is 0.000000239. The van der Waals surface area contributed by atoms with E-state index in [1.54, 1.807) is 65.6 Å². The maximum Gasteiger partial charge on any atom is 0.501 e. The number of ether oxygens (including phenoxy) is 2. The van der Waals surface area contributed by atoms with Gasteiger partial charge in [0.15, 0.2) is 33.0 Å². The quantitative estimate of drug-likeness (QED) is 0.130. The van der Waals surface area contributed by atoms with Gasteiger partial charge in [-0.05, 0) is 72.5 Å². The Labute approximate surface area is 365 Å². The fourth-order valence-corrected chi connectivity index (χ4v) is 8.22. The van der Waals surface area contributed by atoms with Gasteiger partial charge in [-0.15, -0.1) is 0 Å². The van der Waals surface area contributed by atoms with Gasteiger partial charge in [0.2, 0.25) is 11.8 Å². The summed E-state index contributed by atoms with van der Waals surface area (Å²) in [5.41, 5.74) is -3.83. The topological polar surface area (TPSA) is 134 Å². The molecule has 12 nitrogen and oxygen atoms in total. The largest absolute Gasteiger partial charge is 0.501 e. The summed E-state index contributed by atoms with van der Waals surface area (Å²) in [5, 5.41) is 0. The lowest BCUT2D eigenvalue weighted by molar-refractivity contribution is -0.133. The van der Waals surface area contributed by atoms with Crippen molar-refractivity contribution >= 4 is 31.5 Å². The maximum absolute atomic E-state index is 13.6. The molecule has 2 saturated heterocycles. The van der Waals surface area contributed by atoms with E-state index in [-0.39, 0.29) is 40.4 Å². The molecule has 6 rings (SSSR count). The highest BCUT2D eigenvalue weighted by molar-refractivity contribution is 7.92. The van der Waals surface area contributed by atoms with Crippen LogP contribution in [0.1, 0.15) is 24.0 Å². The van der Waals surface area contributed by atoms with Crippen LogP contribution in [0, 0.1) is 11.6 Å². The molecule has 4 aromatic rings. The van der Waals surface area contributed by atoms with Crippen LogP contribution in [0.3, 0.4) is 0 Å². The van der Waals surface area contributed by atoms with Crippen LogP contribution in [0.2, 0.25) is 0 Å². The van der Waals surface area contributed by atoms with E-state index in [9.17, 15) is 48.4 Å². The number of hydrogen-bond donors (Lipinski definition) is 0. The van der Waals surface area contributed by atoms with E-state index in [0.29, 0.717) is 90.4 Å². The Morgan fingerprint density at radius 1 is 0.556 bits per heavy atom. The standard InChI is InChI=1S/C22H24F4N2O4S.C22H27FN2O4S/c23-19-3-1-2-4-20(19)32-16-15-27-11-13-28(14-12-27)21(29)10-7-17-5-8-18(9-6-17)33(30,31)22(24,25)26;1-30(27,28)19-9-6-18(7-10-19)8-11-22(26)25-14-12-24(13-15-25)16-17-29-21-5-3-2-4-20(21)23/h1-6,8-9H,7,10-16H2;2-7,9-10H,8,11-17H2,1H3. The summed E-state index contributed by atoms with van der Waals surface area (Å²) in [6.45, 7) is 7.21. The predicted molar refractivity (Wildman–Crippen MR) is 226 cm³/mol. The van der Waals surface area contributed by atoms with Crippen molar-refractivity contribution in [1.82, 2.24) is 19.6 Å². The number of alkyl halides is 3. The molecular weight excluding hydrogens is 872 g/mol. The normalized spacial score (nSPS) is 15.3. The highest BCUT2D eigenvalue weighted by Crippen LogP contribution is 2.30. The van der Waals surface area contributed by atoms with Gasteiger partial charge < -0.3 is 19.3 Å². The molecule has 19 heteroatoms. The van der Waals surface area contributed by atoms with Gasteiger partial charge >= 0.3 is 5.51 Å². The Hall–Kier alpha value is -5.11. The molecule has 0 bridgehead atoms. The average molecular weight is 923 g/mol. The first-order valence-corrected chi connectivity index (χ1v) is 23.7. The van der Waals surface area contributed by atoms with Crippen LogP contribution in [0.25, 0.3) is 0 Å². The van der Waals surface area contributed by atoms with Crippen molar-refractivity contribution in [3.05, 3.63) is 120 Å². The molecule has 0 unspecified atom stereocenters. The SMILES string of the molecule is CS(=O)(=O)c1ccc(CCC(=O)N2CCN(CCOc3ccccc3F)CC2)cc1.O=C(CCc1ccc(S(=O)(=O)C(F)(F)F)cc1)N1CCN(CCOc2ccccc2F)CC1. The van der Waals surface area contributed by atoms with E-state index < -0.39 is 35.9 Å². The second-order valence-corrected chi connectivity index (χ2v) is 19.0. The predicted octanol–water partition coefficient (Wildman–Crippen LogP) is 5.66. The number of hydrogen-bond acceptors (Lipinski definition) is 10. The minimum Gasteiger partial charge on any atom is -0.489 e. The van der Waals surface area contributed by atoms with Crippen molar-refractivity contribution in [2.45, 2.75) is 41.0 Å². The molecule has 2 aliphatic heterocycles. The van der Waals surface area contributed by atoms with Crippen LogP contribution in [-0.4, -0.2) is 139 Å². The van der Waals surface area contributed by atoms with Gasteiger partial charge in [0, 0.05) is 84.5 Å². The monoisotopic (exact) mass is 922 g/mol. The number of carbonyl (C=O) groups is 2. The van der Waals surface area contributed by atoms with Crippen molar-refractivity contribution < 1.29 is 57.9 Å². The third-order valence-electron chi connectivity index (χ3n) is 10.6. The van der Waals surface area contributed by atoms with Crippen molar-refractivity contribution in [3.8, 4) is 11.5 Å². The van der Waals surface area contributed by atoms with Crippen LogP contribution >= 0.6 is 0 Å².